The highest BCUT2D eigenvalue weighted by Crippen LogP contribution is 2.30. The molecule has 3 unspecified atom stereocenters. The van der Waals surface area contributed by atoms with E-state index in [1.807, 2.05) is 0 Å². The third-order valence-corrected chi connectivity index (χ3v) is 6.31. The van der Waals surface area contributed by atoms with Crippen LogP contribution in [0.3, 0.4) is 0 Å². The molecule has 25 heavy (non-hydrogen) atoms. The molecule has 3 rings (SSSR count). The first kappa shape index (κ1) is 18.7. The first-order chi connectivity index (χ1) is 12.0. The largest absolute Gasteiger partial charge is 0.133 e. The van der Waals surface area contributed by atoms with Crippen LogP contribution in [0.2, 0.25) is 0 Å². The minimum Gasteiger partial charge on any atom is -0.133 e. The molecule has 0 heterocycles. The summed E-state index contributed by atoms with van der Waals surface area (Å²) < 4.78 is 0. The molecule has 3 aromatic rings. The Hall–Kier alpha value is -1.05. The summed E-state index contributed by atoms with van der Waals surface area (Å²) in [5, 5.41) is 1.26. The molecular formula is C22H25P3. The summed E-state index contributed by atoms with van der Waals surface area (Å²) in [4.78, 5) is 0. The lowest BCUT2D eigenvalue weighted by Crippen LogP contribution is -1.96. The summed E-state index contributed by atoms with van der Waals surface area (Å²) in [6.07, 6.45) is 2.00. The van der Waals surface area contributed by atoms with Gasteiger partial charge in [-0.15, -0.1) is 27.7 Å². The summed E-state index contributed by atoms with van der Waals surface area (Å²) in [5.74, 6) is 0. The van der Waals surface area contributed by atoms with Gasteiger partial charge in [-0.1, -0.05) is 54.6 Å². The molecule has 0 aliphatic heterocycles. The smallest absolute Gasteiger partial charge is 0.0125 e. The fourth-order valence-electron chi connectivity index (χ4n) is 3.21. The van der Waals surface area contributed by atoms with E-state index in [1.165, 1.54) is 49.8 Å². The Balaban J connectivity index is 2.01. The van der Waals surface area contributed by atoms with Gasteiger partial charge in [-0.3, -0.25) is 0 Å². The zero-order valence-electron chi connectivity index (χ0n) is 14.8. The molecule has 0 N–H and O–H groups in total. The van der Waals surface area contributed by atoms with Crippen molar-refractivity contribution >= 4 is 33.0 Å². The maximum atomic E-state index is 2.85. The molecule has 0 aromatic heterocycles. The number of benzene rings is 3. The van der Waals surface area contributed by atoms with Crippen molar-refractivity contribution in [2.75, 3.05) is 0 Å². The van der Waals surface area contributed by atoms with Crippen molar-refractivity contribution in [1.82, 2.24) is 0 Å². The van der Waals surface area contributed by atoms with Crippen molar-refractivity contribution in [2.24, 2.45) is 0 Å². The first-order valence-corrected chi connectivity index (χ1v) is 10.7. The van der Waals surface area contributed by atoms with Crippen molar-refractivity contribution < 1.29 is 0 Å². The van der Waals surface area contributed by atoms with Crippen molar-refractivity contribution in [3.63, 3.8) is 0 Å². The molecule has 0 spiro atoms. The van der Waals surface area contributed by atoms with Gasteiger partial charge in [0.1, 0.15) is 0 Å². The molecule has 0 nitrogen and oxygen atoms in total. The number of hydrogen-bond acceptors (Lipinski definition) is 0. The molecule has 0 aliphatic rings. The molecular weight excluding hydrogens is 357 g/mol. The average Bonchev–Trinajstić information content (AvgIpc) is 2.63. The summed E-state index contributed by atoms with van der Waals surface area (Å²) in [7, 11) is 8.47. The van der Waals surface area contributed by atoms with E-state index < -0.39 is 0 Å². The molecule has 0 saturated carbocycles. The molecule has 0 saturated heterocycles. The van der Waals surface area contributed by atoms with E-state index in [0.717, 1.165) is 12.3 Å². The van der Waals surface area contributed by atoms with Crippen LogP contribution in [0.5, 0.6) is 0 Å². The van der Waals surface area contributed by atoms with Crippen LogP contribution in [0, 0.1) is 13.8 Å². The zero-order chi connectivity index (χ0) is 18.0. The van der Waals surface area contributed by atoms with E-state index in [9.17, 15) is 0 Å². The third-order valence-electron chi connectivity index (χ3n) is 4.79. The predicted octanol–water partition coefficient (Wildman–Crippen LogP) is 5.89. The fraction of sp³-hybridized carbons (Fsp3) is 0.182. The standard InChI is InChI=1S/C22H25P3/c1-14-9-16(17-3-4-19(12-23)20(11-17)13-24)5-7-21(14)18-6-8-22(25)15(2)10-18/h3-11H,12-13,23-25H2,1-2H3. The van der Waals surface area contributed by atoms with Crippen LogP contribution in [0.1, 0.15) is 22.3 Å². The summed E-state index contributed by atoms with van der Waals surface area (Å²) in [5.41, 5.74) is 10.6. The second-order valence-corrected chi connectivity index (χ2v) is 7.93. The van der Waals surface area contributed by atoms with Crippen molar-refractivity contribution in [1.29, 1.82) is 0 Å². The number of aryl methyl sites for hydroxylation is 2. The van der Waals surface area contributed by atoms with E-state index in [4.69, 9.17) is 0 Å². The van der Waals surface area contributed by atoms with Crippen LogP contribution in [-0.2, 0) is 12.3 Å². The highest BCUT2D eigenvalue weighted by Gasteiger charge is 2.07. The second kappa shape index (κ2) is 8.10. The molecule has 0 bridgehead atoms. The van der Waals surface area contributed by atoms with Gasteiger partial charge in [0.15, 0.2) is 0 Å². The van der Waals surface area contributed by atoms with Gasteiger partial charge in [0.05, 0.1) is 0 Å². The average molecular weight is 382 g/mol. The monoisotopic (exact) mass is 382 g/mol. The normalized spacial score (nSPS) is 10.9. The summed E-state index contributed by atoms with van der Waals surface area (Å²) in [6, 6.07) is 20.3. The van der Waals surface area contributed by atoms with Gasteiger partial charge < -0.3 is 0 Å². The van der Waals surface area contributed by atoms with Gasteiger partial charge in [0.25, 0.3) is 0 Å². The van der Waals surface area contributed by atoms with E-state index in [-0.39, 0.29) is 0 Å². The SMILES string of the molecule is Cc1cc(-c2ccc(-c3ccc(CP)c(CP)c3)cc2C)ccc1P. The Morgan fingerprint density at radius 1 is 0.640 bits per heavy atom. The molecule has 3 heteroatoms. The Kier molecular flexibility index (Phi) is 6.07. The fourth-order valence-corrected chi connectivity index (χ4v) is 4.16. The maximum Gasteiger partial charge on any atom is -0.0125 e. The zero-order valence-corrected chi connectivity index (χ0v) is 18.3. The van der Waals surface area contributed by atoms with Gasteiger partial charge in [0, 0.05) is 0 Å². The van der Waals surface area contributed by atoms with Crippen molar-refractivity contribution in [3.8, 4) is 22.3 Å². The lowest BCUT2D eigenvalue weighted by atomic mass is 9.94. The van der Waals surface area contributed by atoms with Crippen LogP contribution in [0.15, 0.2) is 54.6 Å². The number of rotatable bonds is 4. The van der Waals surface area contributed by atoms with Gasteiger partial charge in [-0.05, 0) is 76.0 Å². The minimum atomic E-state index is 0.995. The van der Waals surface area contributed by atoms with E-state index in [1.54, 1.807) is 0 Å². The van der Waals surface area contributed by atoms with Crippen LogP contribution in [0.4, 0.5) is 0 Å². The van der Waals surface area contributed by atoms with Gasteiger partial charge in [0.2, 0.25) is 0 Å². The first-order valence-electron chi connectivity index (χ1n) is 8.53. The van der Waals surface area contributed by atoms with Crippen LogP contribution < -0.4 is 5.30 Å². The van der Waals surface area contributed by atoms with Crippen molar-refractivity contribution in [2.45, 2.75) is 26.2 Å². The summed E-state index contributed by atoms with van der Waals surface area (Å²) in [6.45, 7) is 4.36. The van der Waals surface area contributed by atoms with E-state index in [0.29, 0.717) is 0 Å². The lowest BCUT2D eigenvalue weighted by molar-refractivity contribution is 1.28. The van der Waals surface area contributed by atoms with Crippen molar-refractivity contribution in [3.05, 3.63) is 76.9 Å². The lowest BCUT2D eigenvalue weighted by Gasteiger charge is -2.13. The predicted molar refractivity (Wildman–Crippen MR) is 123 cm³/mol. The number of hydrogen-bond donors (Lipinski definition) is 0. The van der Waals surface area contributed by atoms with Crippen LogP contribution in [-0.4, -0.2) is 0 Å². The quantitative estimate of drug-likeness (QED) is 0.494. The Labute approximate surface area is 158 Å². The highest BCUT2D eigenvalue weighted by atomic mass is 31.0. The molecule has 0 amide bonds. The van der Waals surface area contributed by atoms with E-state index >= 15 is 0 Å². The highest BCUT2D eigenvalue weighted by molar-refractivity contribution is 7.27. The molecule has 0 radical (unpaired) electrons. The molecule has 0 fully saturated rings. The van der Waals surface area contributed by atoms with Gasteiger partial charge in [-0.2, -0.15) is 0 Å². The van der Waals surface area contributed by atoms with Crippen LogP contribution >= 0.6 is 27.7 Å². The third kappa shape index (κ3) is 4.04. The Morgan fingerprint density at radius 2 is 1.24 bits per heavy atom. The Bertz CT molecular complexity index is 913. The second-order valence-electron chi connectivity index (χ2n) is 6.49. The minimum absolute atomic E-state index is 0.995. The Morgan fingerprint density at radius 3 is 1.88 bits per heavy atom. The van der Waals surface area contributed by atoms with E-state index in [2.05, 4.69) is 96.2 Å². The topological polar surface area (TPSA) is 0 Å². The van der Waals surface area contributed by atoms with Gasteiger partial charge in [-0.25, -0.2) is 0 Å². The molecule has 3 atom stereocenters. The van der Waals surface area contributed by atoms with Gasteiger partial charge >= 0.3 is 0 Å². The molecule has 128 valence electrons. The molecule has 0 aliphatic carbocycles. The maximum absolute atomic E-state index is 2.85. The van der Waals surface area contributed by atoms with Crippen LogP contribution in [0.25, 0.3) is 22.3 Å². The molecule has 3 aromatic carbocycles. The summed E-state index contributed by atoms with van der Waals surface area (Å²) >= 11 is 0.